The highest BCUT2D eigenvalue weighted by molar-refractivity contribution is 6.33. The van der Waals surface area contributed by atoms with Gasteiger partial charge >= 0.3 is 18.1 Å². The molecule has 4 aliphatic heterocycles. The molecule has 43 heteroatoms. The molecule has 0 radical (unpaired) electrons. The van der Waals surface area contributed by atoms with Gasteiger partial charge in [0.25, 0.3) is 0 Å². The number of carbonyl (C=O) groups is 4. The Morgan fingerprint density at radius 2 is 0.891 bits per heavy atom. The first-order chi connectivity index (χ1) is 55.7. The van der Waals surface area contributed by atoms with Crippen LogP contribution in [-0.4, -0.2) is 297 Å². The fraction of sp³-hybridized carbons (Fsp3) is 0.605. The number of hydrogen-bond acceptors (Lipinski definition) is 26. The zero-order chi connectivity index (χ0) is 89.3. The molecule has 7 amide bonds. The van der Waals surface area contributed by atoms with Crippen LogP contribution in [0.2, 0.25) is 5.02 Å². The van der Waals surface area contributed by atoms with E-state index in [-0.39, 0.29) is 17.1 Å². The molecule has 668 valence electrons. The van der Waals surface area contributed by atoms with Crippen molar-refractivity contribution in [3.63, 3.8) is 0 Å². The van der Waals surface area contributed by atoms with Crippen LogP contribution in [0, 0.1) is 23.7 Å². The van der Waals surface area contributed by atoms with E-state index in [4.69, 9.17) is 55.3 Å². The zero-order valence-electron chi connectivity index (χ0n) is 66.5. The van der Waals surface area contributed by atoms with E-state index in [2.05, 4.69) is 47.5 Å². The van der Waals surface area contributed by atoms with Gasteiger partial charge in [-0.05, 0) is 69.7 Å². The Morgan fingerprint density at radius 3 is 1.29 bits per heavy atom. The second kappa shape index (κ2) is 43.6. The molecule has 5 aromatic rings. The van der Waals surface area contributed by atoms with E-state index < -0.39 is 239 Å². The number of hydrogen-bond donors (Lipinski definition) is 21. The molecule has 9 rings (SSSR count). The van der Waals surface area contributed by atoms with Crippen LogP contribution in [0.1, 0.15) is 79.5 Å². The van der Waals surface area contributed by atoms with Gasteiger partial charge < -0.3 is 137 Å². The number of nitrogens with zero attached hydrogens (tertiary/aromatic N) is 3. The molecule has 4 aromatic carbocycles. The molecule has 0 spiro atoms. The highest BCUT2D eigenvalue weighted by Crippen LogP contribution is 2.44. The predicted octanol–water partition coefficient (Wildman–Crippen LogP) is 3.27. The fourth-order valence-corrected chi connectivity index (χ4v) is 13.8. The van der Waals surface area contributed by atoms with E-state index in [1.54, 1.807) is 92.7 Å². The lowest BCUT2D eigenvalue weighted by molar-refractivity contribution is -0.280. The third-order valence-corrected chi connectivity index (χ3v) is 20.8. The summed E-state index contributed by atoms with van der Waals surface area (Å²) in [5.74, 6) is -14.6. The van der Waals surface area contributed by atoms with E-state index in [1.807, 2.05) is 0 Å². The average molecular weight is 1730 g/mol. The Labute approximate surface area is 684 Å². The molecule has 21 N–H and O–H groups in total. The molecule has 4 fully saturated rings. The van der Waals surface area contributed by atoms with E-state index >= 15 is 8.78 Å². The van der Waals surface area contributed by atoms with Crippen molar-refractivity contribution in [3.8, 4) is 22.8 Å². The number of aliphatic hydroxyl groups is 14. The molecule has 4 aliphatic rings. The van der Waals surface area contributed by atoms with Gasteiger partial charge in [0, 0.05) is 64.0 Å². The number of urea groups is 3. The van der Waals surface area contributed by atoms with Crippen molar-refractivity contribution in [3.05, 3.63) is 113 Å². The summed E-state index contributed by atoms with van der Waals surface area (Å²) in [6.07, 6.45) is -26.9. The number of rotatable bonds is 26. The molecule has 8 unspecified atom stereocenters. The number of nitrogens with one attached hydrogen (secondary N) is 7. The van der Waals surface area contributed by atoms with Crippen LogP contribution in [0.5, 0.6) is 11.5 Å². The zero-order valence-corrected chi connectivity index (χ0v) is 67.3. The maximum Gasteiger partial charge on any atom is 0.319 e. The second-order valence-corrected chi connectivity index (χ2v) is 30.2. The van der Waals surface area contributed by atoms with Crippen molar-refractivity contribution < 1.29 is 154 Å². The first-order valence-electron chi connectivity index (χ1n) is 37.5. The lowest BCUT2D eigenvalue weighted by Crippen LogP contribution is -2.67. The van der Waals surface area contributed by atoms with Crippen LogP contribution in [0.25, 0.3) is 11.3 Å². The summed E-state index contributed by atoms with van der Waals surface area (Å²) in [6, 6.07) is 14.9. The molecular weight excluding hydrogens is 1620 g/mol. The van der Waals surface area contributed by atoms with E-state index in [0.717, 1.165) is 32.4 Å². The molecule has 0 aliphatic carbocycles. The number of aromatic nitrogens is 3. The van der Waals surface area contributed by atoms with Gasteiger partial charge in [-0.15, -0.1) is 5.10 Å². The van der Waals surface area contributed by atoms with Crippen LogP contribution in [0.15, 0.2) is 97.2 Å². The molecule has 28 atom stereocenters. The molecule has 5 heterocycles. The number of anilines is 3. The Balaban J connectivity index is 0.000000247. The first kappa shape index (κ1) is 99.7. The summed E-state index contributed by atoms with van der Waals surface area (Å²) in [4.78, 5) is 49.5. The first-order valence-corrected chi connectivity index (χ1v) is 37.8. The van der Waals surface area contributed by atoms with Gasteiger partial charge in [-0.1, -0.05) is 93.9 Å². The maximum atomic E-state index is 15.5. The van der Waals surface area contributed by atoms with Crippen molar-refractivity contribution in [1.82, 2.24) is 36.3 Å². The molecule has 1 aromatic heterocycles. The predicted molar refractivity (Wildman–Crippen MR) is 409 cm³/mol. The van der Waals surface area contributed by atoms with Crippen molar-refractivity contribution in [1.29, 1.82) is 0 Å². The van der Waals surface area contributed by atoms with Crippen molar-refractivity contribution in [2.45, 2.75) is 227 Å². The van der Waals surface area contributed by atoms with Crippen molar-refractivity contribution in [2.24, 2.45) is 23.7 Å². The monoisotopic (exact) mass is 1730 g/mol. The second-order valence-electron chi connectivity index (χ2n) is 29.8. The topological polar surface area (TPSA) is 522 Å². The normalized spacial score (nSPS) is 31.3. The summed E-state index contributed by atoms with van der Waals surface area (Å²) >= 11 is 6.20. The van der Waals surface area contributed by atoms with Crippen LogP contribution < -0.4 is 46.7 Å². The minimum atomic E-state index is -2.92. The molecular formula is C76H107ClF8N10O24. The van der Waals surface area contributed by atoms with Gasteiger partial charge in [-0.25, -0.2) is 54.2 Å². The summed E-state index contributed by atoms with van der Waals surface area (Å²) in [6.45, 7) is 6.69. The number of alkyl halides is 8. The standard InChI is InChI=1S/C21H27ClF2N4O5.C20H30F2N2O8.C18H26F2N2O6.C17H24F2N2O5/c1-10(2)20(32)25-15-16(19(23)21(3,24)33-18(15)17(31)14(30)9-29)28-8-13(26-27-28)11-6-4-5-7-12(11)22;1-9-15(18(21)20(2,22)32-17(9)16(29)13(28)8-27)24-19(30)23-11-4-10(6-25)12(7-26)14(5-11)31-3;1-9-13(22-17(26)21-10-5-4-6-11(7-10)27-3)16(19)18(2,20)28-15(9)14(25)12(24)8-23;1-9-12(21-16(25)20-10-6-4-3-5-7-10)15(18)17(2,19)26-14(9)13(24)11(23)8-22/h4-8,10,14-19,29-31H,9H2,1-3H3,(H,25,32);4-5,9,13,15-18,25-29H,6-8H2,1-3H3,(H2,23,24,30);4-7,9,12-16,23-25H,8H2,1-3H3,(H2,21,22,26);3-7,9,11-15,22-24H,8H2,1-2H3,(H2,20,21,25)/t14-,15-,16-,17-,18-,19?,21?;9-,13-,15-,16-,17-,18?,20?;9-,12-,13-,14-,15-,16?,18?;9-,11-,12-,13-,14-,15?,17?/m1111/s1. The highest BCUT2D eigenvalue weighted by atomic mass is 35.5. The van der Waals surface area contributed by atoms with Crippen molar-refractivity contribution >= 4 is 52.7 Å². The number of aliphatic hydroxyl groups excluding tert-OH is 14. The Bertz CT molecular complexity index is 4030. The third-order valence-electron chi connectivity index (χ3n) is 20.5. The van der Waals surface area contributed by atoms with Crippen molar-refractivity contribution in [2.75, 3.05) is 56.6 Å². The van der Waals surface area contributed by atoms with Gasteiger partial charge in [-0.3, -0.25) is 4.79 Å². The number of methoxy groups -OCH3 is 2. The SMILES string of the molecule is CC(C)C(=O)N[C@H]1[C@H]([C@H](O)[C@H](O)CO)OC(C)(F)C(F)[C@@H]1n1cc(-c2ccccc2Cl)nn1.COc1cc(NC(=O)N[C@H]2C(F)C(C)(F)O[C@@H]([C@H](O)[C@H](O)CO)[C@@H]2C)cc(CO)c1CO.COc1cccc(NC(=O)N[C@H]2C(F)C(C)(F)O[C@@H]([C@H](O)[C@H](O)CO)[C@@H]2C)c1.C[C@H]1[C@H]([C@H](O)[C@H](O)CO)OC(C)(F)C(F)[C@@H]1NC(=O)Nc1ccccc1. The van der Waals surface area contributed by atoms with Crippen LogP contribution in [0.4, 0.5) is 66.6 Å². The van der Waals surface area contributed by atoms with Gasteiger partial charge in [0.05, 0.1) is 108 Å². The van der Waals surface area contributed by atoms with Gasteiger partial charge in [0.1, 0.15) is 78.2 Å². The Kier molecular flexibility index (Phi) is 36.5. The fourth-order valence-electron chi connectivity index (χ4n) is 13.6. The number of halogens is 9. The lowest BCUT2D eigenvalue weighted by Gasteiger charge is -2.47. The quantitative estimate of drug-likeness (QED) is 0.0353. The van der Waals surface area contributed by atoms with Crippen LogP contribution in [-0.2, 0) is 37.0 Å². The summed E-state index contributed by atoms with van der Waals surface area (Å²) < 4.78 is 150. The third kappa shape index (κ3) is 25.1. The van der Waals surface area contributed by atoms with Gasteiger partial charge in [-0.2, -0.15) is 0 Å². The van der Waals surface area contributed by atoms with E-state index in [9.17, 15) is 102 Å². The lowest BCUT2D eigenvalue weighted by atomic mass is 9.82. The molecule has 119 heavy (non-hydrogen) atoms. The Hall–Kier alpha value is -8.09. The number of carbonyl (C=O) groups excluding carboxylic acids is 4. The average Bonchev–Trinajstić information content (AvgIpc) is 1.74. The van der Waals surface area contributed by atoms with E-state index in [0.29, 0.717) is 38.8 Å². The van der Waals surface area contributed by atoms with E-state index in [1.165, 1.54) is 53.3 Å². The largest absolute Gasteiger partial charge is 0.497 e. The van der Waals surface area contributed by atoms with Gasteiger partial charge in [0.15, 0.2) is 24.7 Å². The summed E-state index contributed by atoms with van der Waals surface area (Å²) in [7, 11) is 2.80. The minimum Gasteiger partial charge on any atom is -0.497 e. The number of amides is 7. The summed E-state index contributed by atoms with van der Waals surface area (Å²) in [5.41, 5.74) is 2.41. The smallest absolute Gasteiger partial charge is 0.319 e. The van der Waals surface area contributed by atoms with Gasteiger partial charge in [0.2, 0.25) is 29.3 Å². The molecule has 0 saturated carbocycles. The highest BCUT2D eigenvalue weighted by Gasteiger charge is 2.60. The Morgan fingerprint density at radius 1 is 0.496 bits per heavy atom. The number of para-hydroxylation sites is 1. The van der Waals surface area contributed by atoms with Crippen LogP contribution >= 0.6 is 11.6 Å². The molecule has 34 nitrogen and oxygen atoms in total. The maximum absolute atomic E-state index is 15.5. The minimum absolute atomic E-state index is 0.158. The molecule has 0 bridgehead atoms. The number of ether oxygens (including phenoxy) is 6. The van der Waals surface area contributed by atoms with Crippen LogP contribution in [0.3, 0.4) is 0 Å². The number of benzene rings is 4. The summed E-state index contributed by atoms with van der Waals surface area (Å²) in [5, 5.41) is 160. The molecule has 4 saturated heterocycles.